The molecule has 0 unspecified atom stereocenters. The molecule has 1 N–H and O–H groups in total. The van der Waals surface area contributed by atoms with Crippen LogP contribution in [0.1, 0.15) is 24.6 Å². The summed E-state index contributed by atoms with van der Waals surface area (Å²) in [4.78, 5) is 27.7. The summed E-state index contributed by atoms with van der Waals surface area (Å²) in [6, 6.07) is 9.62. The molecule has 3 rings (SSSR count). The molecule has 6 nitrogen and oxygen atoms in total. The number of nitrogens with one attached hydrogen (secondary N) is 1. The van der Waals surface area contributed by atoms with E-state index in [4.69, 9.17) is 0 Å². The van der Waals surface area contributed by atoms with E-state index < -0.39 is 6.04 Å². The zero-order valence-electron chi connectivity index (χ0n) is 15.4. The number of anilines is 1. The quantitative estimate of drug-likeness (QED) is 0.791. The van der Waals surface area contributed by atoms with E-state index >= 15 is 0 Å². The Hall–Kier alpha value is -2.28. The van der Waals surface area contributed by atoms with E-state index in [2.05, 4.69) is 34.7 Å². The third-order valence-electron chi connectivity index (χ3n) is 4.57. The first-order valence-electron chi connectivity index (χ1n) is 8.76. The molecule has 1 atom stereocenters. The van der Waals surface area contributed by atoms with Gasteiger partial charge in [-0.05, 0) is 44.2 Å². The number of fused-ring (bicyclic) bond motifs is 1. The lowest BCUT2D eigenvalue weighted by Gasteiger charge is -2.31. The number of aryl methyl sites for hydroxylation is 2. The maximum absolute atomic E-state index is 12.6. The lowest BCUT2D eigenvalue weighted by molar-refractivity contribution is -0.126. The minimum atomic E-state index is -0.559. The molecular formula is C19H24N4O2S. The highest BCUT2D eigenvalue weighted by atomic mass is 32.2. The van der Waals surface area contributed by atoms with Gasteiger partial charge in [0.15, 0.2) is 0 Å². The Morgan fingerprint density at radius 1 is 1.35 bits per heavy atom. The van der Waals surface area contributed by atoms with Crippen LogP contribution < -0.4 is 10.2 Å². The van der Waals surface area contributed by atoms with E-state index in [9.17, 15) is 9.59 Å². The molecule has 0 bridgehead atoms. The molecule has 0 saturated carbocycles. The van der Waals surface area contributed by atoms with Gasteiger partial charge in [-0.25, -0.2) is 4.68 Å². The third-order valence-corrected chi connectivity index (χ3v) is 5.32. The number of carbonyl (C=O) groups is 2. The van der Waals surface area contributed by atoms with Crippen LogP contribution in [0.2, 0.25) is 0 Å². The van der Waals surface area contributed by atoms with Gasteiger partial charge in [0, 0.05) is 23.9 Å². The summed E-state index contributed by atoms with van der Waals surface area (Å²) in [5.41, 5.74) is 2.03. The molecule has 26 heavy (non-hydrogen) atoms. The van der Waals surface area contributed by atoms with Crippen LogP contribution in [0.25, 0.3) is 0 Å². The summed E-state index contributed by atoms with van der Waals surface area (Å²) in [5.74, 6) is 0.521. The molecule has 2 aromatic rings. The molecule has 2 amide bonds. The molecular weight excluding hydrogens is 348 g/mol. The van der Waals surface area contributed by atoms with Gasteiger partial charge in [0.2, 0.25) is 11.8 Å². The minimum Gasteiger partial charge on any atom is -0.354 e. The normalized spacial score (nSPS) is 14.9. The van der Waals surface area contributed by atoms with Crippen molar-refractivity contribution in [3.05, 3.63) is 41.6 Å². The maximum Gasteiger partial charge on any atom is 0.242 e. The Balaban J connectivity index is 1.59. The van der Waals surface area contributed by atoms with Gasteiger partial charge in [-0.15, -0.1) is 11.8 Å². The smallest absolute Gasteiger partial charge is 0.242 e. The average molecular weight is 372 g/mol. The van der Waals surface area contributed by atoms with Gasteiger partial charge in [-0.3, -0.25) is 14.5 Å². The zero-order valence-corrected chi connectivity index (χ0v) is 16.2. The van der Waals surface area contributed by atoms with Crippen molar-refractivity contribution in [2.24, 2.45) is 0 Å². The van der Waals surface area contributed by atoms with E-state index in [1.54, 1.807) is 28.3 Å². The number of rotatable bonds is 6. The van der Waals surface area contributed by atoms with Gasteiger partial charge in [0.1, 0.15) is 11.9 Å². The van der Waals surface area contributed by atoms with Crippen LogP contribution in [0.15, 0.2) is 35.2 Å². The van der Waals surface area contributed by atoms with Crippen LogP contribution in [-0.2, 0) is 22.6 Å². The Bertz CT molecular complexity index is 800. The van der Waals surface area contributed by atoms with Gasteiger partial charge in [-0.2, -0.15) is 5.10 Å². The summed E-state index contributed by atoms with van der Waals surface area (Å²) in [6.45, 7) is 4.76. The molecule has 1 aliphatic rings. The molecule has 7 heteroatoms. The van der Waals surface area contributed by atoms with Gasteiger partial charge in [0.05, 0.1) is 12.2 Å². The number of aromatic nitrogens is 2. The number of thioether (sulfide) groups is 1. The van der Waals surface area contributed by atoms with Crippen molar-refractivity contribution < 1.29 is 9.59 Å². The molecule has 2 heterocycles. The standard InChI is InChI=1S/C19H24N4O2S/c1-13-12-17-22(21-13)11-9-18(24)23(17)14(2)19(25)20-10-8-15-4-6-16(26-3)7-5-15/h4-7,12,14H,8-11H2,1-3H3,(H,20,25)/t14-/m0/s1. The van der Waals surface area contributed by atoms with Gasteiger partial charge in [0.25, 0.3) is 0 Å². The highest BCUT2D eigenvalue weighted by Crippen LogP contribution is 2.24. The number of amides is 2. The Morgan fingerprint density at radius 3 is 2.77 bits per heavy atom. The number of carbonyl (C=O) groups excluding carboxylic acids is 2. The van der Waals surface area contributed by atoms with Crippen molar-refractivity contribution in [3.8, 4) is 0 Å². The highest BCUT2D eigenvalue weighted by Gasteiger charge is 2.32. The molecule has 0 saturated heterocycles. The summed E-state index contributed by atoms with van der Waals surface area (Å²) < 4.78 is 1.80. The van der Waals surface area contributed by atoms with E-state index in [0.29, 0.717) is 25.3 Å². The van der Waals surface area contributed by atoms with Gasteiger partial charge >= 0.3 is 0 Å². The third kappa shape index (κ3) is 3.93. The second kappa shape index (κ2) is 7.95. The van der Waals surface area contributed by atoms with Crippen molar-refractivity contribution in [2.75, 3.05) is 17.7 Å². The van der Waals surface area contributed by atoms with E-state index in [1.165, 1.54) is 10.5 Å². The largest absolute Gasteiger partial charge is 0.354 e. The van der Waals surface area contributed by atoms with Crippen LogP contribution in [0.5, 0.6) is 0 Å². The lowest BCUT2D eigenvalue weighted by atomic mass is 10.1. The van der Waals surface area contributed by atoms with Crippen molar-refractivity contribution in [1.82, 2.24) is 15.1 Å². The average Bonchev–Trinajstić information content (AvgIpc) is 3.01. The van der Waals surface area contributed by atoms with E-state index in [-0.39, 0.29) is 11.8 Å². The summed E-state index contributed by atoms with van der Waals surface area (Å²) >= 11 is 1.71. The first-order valence-corrected chi connectivity index (χ1v) is 9.99. The first kappa shape index (κ1) is 18.5. The van der Waals surface area contributed by atoms with Crippen molar-refractivity contribution >= 4 is 29.4 Å². The van der Waals surface area contributed by atoms with Crippen LogP contribution in [0, 0.1) is 6.92 Å². The van der Waals surface area contributed by atoms with E-state index in [0.717, 1.165) is 12.1 Å². The van der Waals surface area contributed by atoms with Gasteiger partial charge < -0.3 is 5.32 Å². The van der Waals surface area contributed by atoms with Crippen LogP contribution in [0.3, 0.4) is 0 Å². The van der Waals surface area contributed by atoms with Gasteiger partial charge in [-0.1, -0.05) is 12.1 Å². The molecule has 0 aliphatic carbocycles. The summed E-state index contributed by atoms with van der Waals surface area (Å²) in [5, 5.41) is 7.33. The van der Waals surface area contributed by atoms with Crippen molar-refractivity contribution in [1.29, 1.82) is 0 Å². The second-order valence-corrected chi connectivity index (χ2v) is 7.33. The molecule has 0 spiro atoms. The van der Waals surface area contributed by atoms with Crippen LogP contribution in [0.4, 0.5) is 5.82 Å². The van der Waals surface area contributed by atoms with Crippen molar-refractivity contribution in [3.63, 3.8) is 0 Å². The van der Waals surface area contributed by atoms with Crippen LogP contribution >= 0.6 is 11.8 Å². The second-order valence-electron chi connectivity index (χ2n) is 6.45. The zero-order chi connectivity index (χ0) is 18.7. The molecule has 138 valence electrons. The summed E-state index contributed by atoms with van der Waals surface area (Å²) in [7, 11) is 0. The number of hydrogen-bond acceptors (Lipinski definition) is 4. The SMILES string of the molecule is CSc1ccc(CCNC(=O)[C@H](C)N2C(=O)CCn3nc(C)cc32)cc1. The number of benzene rings is 1. The predicted octanol–water partition coefficient (Wildman–Crippen LogP) is 2.40. The monoisotopic (exact) mass is 372 g/mol. The topological polar surface area (TPSA) is 67.2 Å². The Labute approximate surface area is 157 Å². The number of hydrogen-bond donors (Lipinski definition) is 1. The molecule has 1 aromatic carbocycles. The molecule has 0 radical (unpaired) electrons. The molecule has 0 fully saturated rings. The maximum atomic E-state index is 12.6. The van der Waals surface area contributed by atoms with Crippen LogP contribution in [-0.4, -0.2) is 40.4 Å². The fourth-order valence-electron chi connectivity index (χ4n) is 3.14. The van der Waals surface area contributed by atoms with E-state index in [1.807, 2.05) is 19.2 Å². The van der Waals surface area contributed by atoms with Crippen molar-refractivity contribution in [2.45, 2.75) is 44.2 Å². The Morgan fingerprint density at radius 2 is 2.08 bits per heavy atom. The fraction of sp³-hybridized carbons (Fsp3) is 0.421. The molecule has 1 aliphatic heterocycles. The lowest BCUT2D eigenvalue weighted by Crippen LogP contribution is -2.51. The summed E-state index contributed by atoms with van der Waals surface area (Å²) in [6.07, 6.45) is 3.18. The fourth-order valence-corrected chi connectivity index (χ4v) is 3.55. The first-order chi connectivity index (χ1) is 12.5. The number of nitrogens with zero attached hydrogens (tertiary/aromatic N) is 3. The highest BCUT2D eigenvalue weighted by molar-refractivity contribution is 7.98. The molecule has 1 aromatic heterocycles. The predicted molar refractivity (Wildman–Crippen MR) is 103 cm³/mol. The minimum absolute atomic E-state index is 0.0345. The Kier molecular flexibility index (Phi) is 5.66.